The van der Waals surface area contributed by atoms with Crippen molar-refractivity contribution in [2.75, 3.05) is 0 Å². The largest absolute Gasteiger partial charge is 0.423 e. The number of benzene rings is 4. The second kappa shape index (κ2) is 8.66. The first-order chi connectivity index (χ1) is 14.6. The van der Waals surface area contributed by atoms with E-state index in [0.29, 0.717) is 11.3 Å². The van der Waals surface area contributed by atoms with Gasteiger partial charge in [-0.1, -0.05) is 88.7 Å². The number of carbonyl (C=O) groups excluding carboxylic acids is 1. The quantitative estimate of drug-likeness (QED) is 0.230. The van der Waals surface area contributed by atoms with E-state index in [1.165, 1.54) is 0 Å². The number of hydrogen-bond acceptors (Lipinski definition) is 3. The lowest BCUT2D eigenvalue weighted by atomic mass is 9.78. The van der Waals surface area contributed by atoms with E-state index in [-0.39, 0.29) is 0 Å². The molecule has 0 aliphatic carbocycles. The molecule has 2 N–H and O–H groups in total. The zero-order chi connectivity index (χ0) is 21.0. The molecule has 0 spiro atoms. The molecule has 0 radical (unpaired) electrons. The van der Waals surface area contributed by atoms with Crippen LogP contribution in [0.1, 0.15) is 27.0 Å². The molecule has 0 amide bonds. The zero-order valence-corrected chi connectivity index (χ0v) is 17.8. The van der Waals surface area contributed by atoms with E-state index in [1.807, 2.05) is 84.9 Å². The summed E-state index contributed by atoms with van der Waals surface area (Å²) in [6.07, 6.45) is 0. The lowest BCUT2D eigenvalue weighted by Gasteiger charge is -2.31. The van der Waals surface area contributed by atoms with Gasteiger partial charge in [0.05, 0.1) is 11.1 Å². The molecule has 0 atom stereocenters. The van der Waals surface area contributed by atoms with Crippen LogP contribution in [-0.2, 0) is 5.54 Å². The monoisotopic (exact) mass is 457 g/mol. The van der Waals surface area contributed by atoms with Gasteiger partial charge in [-0.15, -0.1) is 0 Å². The number of rotatable bonds is 5. The zero-order valence-electron chi connectivity index (χ0n) is 16.2. The normalized spacial score (nSPS) is 11.1. The van der Waals surface area contributed by atoms with Crippen LogP contribution in [0.4, 0.5) is 0 Å². The summed E-state index contributed by atoms with van der Waals surface area (Å²) < 4.78 is 6.43. The van der Waals surface area contributed by atoms with Crippen molar-refractivity contribution < 1.29 is 9.53 Å². The number of halogens is 1. The topological polar surface area (TPSA) is 52.3 Å². The van der Waals surface area contributed by atoms with Crippen molar-refractivity contribution in [2.45, 2.75) is 5.54 Å². The molecular weight excluding hydrogens is 438 g/mol. The van der Waals surface area contributed by atoms with Gasteiger partial charge in [-0.05, 0) is 53.1 Å². The predicted octanol–water partition coefficient (Wildman–Crippen LogP) is 5.92. The molecule has 0 aliphatic rings. The minimum absolute atomic E-state index is 0.402. The SMILES string of the molecule is NC(c1ccccc1)(c1ccccc1)c1ccc(OC(=O)c2ccc(Br)cc2)cc1. The van der Waals surface area contributed by atoms with E-state index in [2.05, 4.69) is 15.9 Å². The Kier molecular flexibility index (Phi) is 5.79. The Bertz CT molecular complexity index is 1090. The first-order valence-electron chi connectivity index (χ1n) is 9.55. The van der Waals surface area contributed by atoms with Crippen molar-refractivity contribution in [3.05, 3.63) is 136 Å². The molecule has 0 aromatic heterocycles. The summed E-state index contributed by atoms with van der Waals surface area (Å²) in [6.45, 7) is 0. The maximum Gasteiger partial charge on any atom is 0.343 e. The van der Waals surface area contributed by atoms with Gasteiger partial charge in [-0.3, -0.25) is 0 Å². The molecule has 0 aliphatic heterocycles. The van der Waals surface area contributed by atoms with Gasteiger partial charge in [0.25, 0.3) is 0 Å². The Morgan fingerprint density at radius 2 is 1.13 bits per heavy atom. The highest BCUT2D eigenvalue weighted by molar-refractivity contribution is 9.10. The Labute approximate surface area is 184 Å². The third kappa shape index (κ3) is 4.06. The molecule has 0 unspecified atom stereocenters. The molecule has 0 bridgehead atoms. The average molecular weight is 458 g/mol. The van der Waals surface area contributed by atoms with Crippen LogP contribution in [0, 0.1) is 0 Å². The minimum atomic E-state index is -0.823. The molecule has 0 heterocycles. The van der Waals surface area contributed by atoms with E-state index < -0.39 is 11.5 Å². The van der Waals surface area contributed by atoms with Crippen LogP contribution >= 0.6 is 15.9 Å². The molecule has 148 valence electrons. The summed E-state index contributed by atoms with van der Waals surface area (Å²) in [4.78, 5) is 12.4. The van der Waals surface area contributed by atoms with Crippen LogP contribution < -0.4 is 10.5 Å². The molecule has 0 fully saturated rings. The standard InChI is InChI=1S/C26H20BrNO2/c27-23-15-11-19(12-16-23)25(29)30-24-17-13-22(14-18-24)26(28,20-7-3-1-4-8-20)21-9-5-2-6-10-21/h1-18H,28H2. The van der Waals surface area contributed by atoms with Crippen LogP contribution in [0.25, 0.3) is 0 Å². The van der Waals surface area contributed by atoms with E-state index >= 15 is 0 Å². The van der Waals surface area contributed by atoms with E-state index in [0.717, 1.165) is 21.2 Å². The minimum Gasteiger partial charge on any atom is -0.423 e. The molecular formula is C26H20BrNO2. The highest BCUT2D eigenvalue weighted by Crippen LogP contribution is 2.34. The summed E-state index contributed by atoms with van der Waals surface area (Å²) in [5.74, 6) is 0.0653. The van der Waals surface area contributed by atoms with Crippen LogP contribution in [0.2, 0.25) is 0 Å². The molecule has 0 saturated carbocycles. The Morgan fingerprint density at radius 3 is 1.63 bits per heavy atom. The lowest BCUT2D eigenvalue weighted by molar-refractivity contribution is 0.0734. The number of hydrogen-bond donors (Lipinski definition) is 1. The highest BCUT2D eigenvalue weighted by Gasteiger charge is 2.31. The van der Waals surface area contributed by atoms with Gasteiger partial charge in [0, 0.05) is 4.47 Å². The van der Waals surface area contributed by atoms with Crippen LogP contribution in [0.3, 0.4) is 0 Å². The maximum atomic E-state index is 12.4. The summed E-state index contributed by atoms with van der Waals surface area (Å²) in [6, 6.07) is 34.4. The van der Waals surface area contributed by atoms with Gasteiger partial charge in [-0.2, -0.15) is 0 Å². The van der Waals surface area contributed by atoms with Gasteiger partial charge in [-0.25, -0.2) is 4.79 Å². The number of ether oxygens (including phenoxy) is 1. The lowest BCUT2D eigenvalue weighted by Crippen LogP contribution is -2.39. The van der Waals surface area contributed by atoms with Crippen molar-refractivity contribution in [3.8, 4) is 5.75 Å². The summed E-state index contributed by atoms with van der Waals surface area (Å²) >= 11 is 3.36. The first-order valence-corrected chi connectivity index (χ1v) is 10.3. The fraction of sp³-hybridized carbons (Fsp3) is 0.0385. The average Bonchev–Trinajstić information content (AvgIpc) is 2.80. The molecule has 30 heavy (non-hydrogen) atoms. The third-order valence-electron chi connectivity index (χ3n) is 5.06. The van der Waals surface area contributed by atoms with Crippen LogP contribution in [-0.4, -0.2) is 5.97 Å². The third-order valence-corrected chi connectivity index (χ3v) is 5.59. The van der Waals surface area contributed by atoms with Gasteiger partial charge in [0.1, 0.15) is 5.75 Å². The summed E-state index contributed by atoms with van der Waals surface area (Å²) in [7, 11) is 0. The predicted molar refractivity (Wildman–Crippen MR) is 122 cm³/mol. The number of nitrogens with two attached hydrogens (primary N) is 1. The van der Waals surface area contributed by atoms with Crippen molar-refractivity contribution in [2.24, 2.45) is 5.73 Å². The Hall–Kier alpha value is -3.21. The van der Waals surface area contributed by atoms with Crippen LogP contribution in [0.5, 0.6) is 5.75 Å². The first kappa shape index (κ1) is 20.1. The van der Waals surface area contributed by atoms with Gasteiger partial charge in [0.2, 0.25) is 0 Å². The van der Waals surface area contributed by atoms with Crippen molar-refractivity contribution >= 4 is 21.9 Å². The van der Waals surface area contributed by atoms with Crippen molar-refractivity contribution in [1.82, 2.24) is 0 Å². The summed E-state index contributed by atoms with van der Waals surface area (Å²) in [5, 5.41) is 0. The van der Waals surface area contributed by atoms with E-state index in [1.54, 1.807) is 24.3 Å². The highest BCUT2D eigenvalue weighted by atomic mass is 79.9. The van der Waals surface area contributed by atoms with Crippen molar-refractivity contribution in [1.29, 1.82) is 0 Å². The smallest absolute Gasteiger partial charge is 0.343 e. The molecule has 4 heteroatoms. The van der Waals surface area contributed by atoms with Gasteiger partial charge >= 0.3 is 5.97 Å². The van der Waals surface area contributed by atoms with Gasteiger partial charge < -0.3 is 10.5 Å². The number of esters is 1. The molecule has 4 aromatic rings. The molecule has 0 saturated heterocycles. The number of carbonyl (C=O) groups is 1. The fourth-order valence-electron chi connectivity index (χ4n) is 3.44. The fourth-order valence-corrected chi connectivity index (χ4v) is 3.70. The van der Waals surface area contributed by atoms with E-state index in [4.69, 9.17) is 10.5 Å². The van der Waals surface area contributed by atoms with Crippen LogP contribution in [0.15, 0.2) is 114 Å². The second-order valence-electron chi connectivity index (χ2n) is 6.96. The van der Waals surface area contributed by atoms with E-state index in [9.17, 15) is 4.79 Å². The van der Waals surface area contributed by atoms with Gasteiger partial charge in [0.15, 0.2) is 0 Å². The molecule has 3 nitrogen and oxygen atoms in total. The van der Waals surface area contributed by atoms with Crippen molar-refractivity contribution in [3.63, 3.8) is 0 Å². The molecule has 4 aromatic carbocycles. The summed E-state index contributed by atoms with van der Waals surface area (Å²) in [5.41, 5.74) is 9.54. The Balaban J connectivity index is 1.65. The Morgan fingerprint density at radius 1 is 0.667 bits per heavy atom. The molecule has 4 rings (SSSR count). The maximum absolute atomic E-state index is 12.4. The second-order valence-corrected chi connectivity index (χ2v) is 7.88.